The van der Waals surface area contributed by atoms with Gasteiger partial charge in [0.1, 0.15) is 6.04 Å². The van der Waals surface area contributed by atoms with Crippen molar-refractivity contribution in [3.63, 3.8) is 0 Å². The van der Waals surface area contributed by atoms with Crippen molar-refractivity contribution < 1.29 is 9.53 Å². The Morgan fingerprint density at radius 1 is 1.04 bits per heavy atom. The minimum Gasteiger partial charge on any atom is -0.415 e. The molecule has 2 atom stereocenters. The maximum absolute atomic E-state index is 10.6. The van der Waals surface area contributed by atoms with Crippen LogP contribution in [-0.4, -0.2) is 37.9 Å². The van der Waals surface area contributed by atoms with Crippen molar-refractivity contribution in [1.29, 1.82) is 0 Å². The summed E-state index contributed by atoms with van der Waals surface area (Å²) in [7, 11) is -1.95. The standard InChI is InChI=1S/C24H33NO2Si/c1-7-22(26)21(18-27-28(5,6)24(2,3)4)25-23(19-14-10-8-11-15-19)20-16-12-9-13-17-20/h7-17,21-22,26H,1,18H2,2-6H3/t21-,22-/m1/s1. The van der Waals surface area contributed by atoms with Gasteiger partial charge in [-0.25, -0.2) is 0 Å². The Hall–Kier alpha value is -2.01. The molecule has 0 saturated heterocycles. The van der Waals surface area contributed by atoms with Crippen molar-refractivity contribution in [2.24, 2.45) is 4.99 Å². The lowest BCUT2D eigenvalue weighted by Crippen LogP contribution is -2.44. The van der Waals surface area contributed by atoms with Gasteiger partial charge in [0.05, 0.1) is 18.4 Å². The molecular weight excluding hydrogens is 362 g/mol. The van der Waals surface area contributed by atoms with Gasteiger partial charge in [-0.3, -0.25) is 4.99 Å². The fourth-order valence-electron chi connectivity index (χ4n) is 2.55. The normalized spacial score (nSPS) is 14.2. The smallest absolute Gasteiger partial charge is 0.192 e. The van der Waals surface area contributed by atoms with E-state index in [2.05, 4.69) is 40.4 Å². The Balaban J connectivity index is 2.41. The fourth-order valence-corrected chi connectivity index (χ4v) is 3.57. The molecule has 1 N–H and O–H groups in total. The molecule has 0 aliphatic heterocycles. The summed E-state index contributed by atoms with van der Waals surface area (Å²) in [4.78, 5) is 4.97. The molecule has 0 fully saturated rings. The molecule has 0 unspecified atom stereocenters. The number of benzene rings is 2. The molecule has 2 aromatic carbocycles. The third-order valence-corrected chi connectivity index (χ3v) is 9.95. The van der Waals surface area contributed by atoms with Crippen LogP contribution in [0.1, 0.15) is 31.9 Å². The maximum atomic E-state index is 10.6. The van der Waals surface area contributed by atoms with Gasteiger partial charge in [0.15, 0.2) is 8.32 Å². The first-order chi connectivity index (χ1) is 13.2. The Labute approximate surface area is 170 Å². The van der Waals surface area contributed by atoms with E-state index < -0.39 is 20.5 Å². The second-order valence-electron chi connectivity index (χ2n) is 8.57. The predicted octanol–water partition coefficient (Wildman–Crippen LogP) is 5.46. The maximum Gasteiger partial charge on any atom is 0.192 e. The topological polar surface area (TPSA) is 41.8 Å². The summed E-state index contributed by atoms with van der Waals surface area (Å²) in [6.07, 6.45) is 0.767. The third kappa shape index (κ3) is 5.74. The zero-order chi connectivity index (χ0) is 20.8. The van der Waals surface area contributed by atoms with Gasteiger partial charge in [-0.15, -0.1) is 6.58 Å². The van der Waals surface area contributed by atoms with E-state index in [0.717, 1.165) is 16.8 Å². The van der Waals surface area contributed by atoms with Crippen molar-refractivity contribution in [3.8, 4) is 0 Å². The SMILES string of the molecule is C=C[C@@H](O)[C@@H](CO[Si](C)(C)C(C)(C)C)N=C(c1ccccc1)c1ccccc1. The van der Waals surface area contributed by atoms with Gasteiger partial charge in [0.25, 0.3) is 0 Å². The fraction of sp³-hybridized carbons (Fsp3) is 0.375. The lowest BCUT2D eigenvalue weighted by molar-refractivity contribution is 0.148. The highest BCUT2D eigenvalue weighted by Gasteiger charge is 2.38. The third-order valence-electron chi connectivity index (χ3n) is 5.45. The highest BCUT2D eigenvalue weighted by Crippen LogP contribution is 2.36. The summed E-state index contributed by atoms with van der Waals surface area (Å²) >= 11 is 0. The molecule has 2 aromatic rings. The molecule has 0 aliphatic carbocycles. The van der Waals surface area contributed by atoms with Gasteiger partial charge in [0.2, 0.25) is 0 Å². The van der Waals surface area contributed by atoms with E-state index in [0.29, 0.717) is 6.61 Å². The Bertz CT molecular complexity index is 738. The van der Waals surface area contributed by atoms with Crippen LogP contribution in [0.15, 0.2) is 78.3 Å². The molecule has 0 aromatic heterocycles. The second kappa shape index (κ2) is 9.46. The quantitative estimate of drug-likeness (QED) is 0.366. The van der Waals surface area contributed by atoms with Gasteiger partial charge in [-0.2, -0.15) is 0 Å². The summed E-state index contributed by atoms with van der Waals surface area (Å²) < 4.78 is 6.38. The zero-order valence-electron chi connectivity index (χ0n) is 17.7. The van der Waals surface area contributed by atoms with Crippen molar-refractivity contribution in [3.05, 3.63) is 84.4 Å². The van der Waals surface area contributed by atoms with Crippen LogP contribution in [0, 0.1) is 0 Å². The van der Waals surface area contributed by atoms with Crippen LogP contribution in [0.3, 0.4) is 0 Å². The molecule has 4 heteroatoms. The van der Waals surface area contributed by atoms with E-state index in [4.69, 9.17) is 9.42 Å². The monoisotopic (exact) mass is 395 g/mol. The van der Waals surface area contributed by atoms with Crippen LogP contribution in [-0.2, 0) is 4.43 Å². The molecule has 0 heterocycles. The summed E-state index contributed by atoms with van der Waals surface area (Å²) in [5, 5.41) is 10.7. The molecule has 0 spiro atoms. The van der Waals surface area contributed by atoms with E-state index in [9.17, 15) is 5.11 Å². The van der Waals surface area contributed by atoms with Gasteiger partial charge < -0.3 is 9.53 Å². The van der Waals surface area contributed by atoms with Crippen molar-refractivity contribution in [2.75, 3.05) is 6.61 Å². The van der Waals surface area contributed by atoms with Gasteiger partial charge in [0, 0.05) is 11.1 Å². The summed E-state index contributed by atoms with van der Waals surface area (Å²) in [6, 6.07) is 19.7. The number of aliphatic hydroxyl groups excluding tert-OH is 1. The Morgan fingerprint density at radius 2 is 1.50 bits per heavy atom. The first-order valence-corrected chi connectivity index (χ1v) is 12.7. The molecule has 150 valence electrons. The van der Waals surface area contributed by atoms with Crippen LogP contribution in [0.2, 0.25) is 18.1 Å². The van der Waals surface area contributed by atoms with E-state index in [-0.39, 0.29) is 5.04 Å². The molecular formula is C24H33NO2Si. The van der Waals surface area contributed by atoms with Crippen molar-refractivity contribution in [2.45, 2.75) is 51.0 Å². The molecule has 0 aliphatic rings. The van der Waals surface area contributed by atoms with Gasteiger partial charge in [-0.05, 0) is 18.1 Å². The highest BCUT2D eigenvalue weighted by atomic mass is 28.4. The molecule has 0 saturated carbocycles. The Kier molecular flexibility index (Phi) is 7.53. The highest BCUT2D eigenvalue weighted by molar-refractivity contribution is 6.74. The number of hydrogen-bond acceptors (Lipinski definition) is 3. The second-order valence-corrected chi connectivity index (χ2v) is 13.4. The minimum absolute atomic E-state index is 0.0993. The molecule has 0 bridgehead atoms. The van der Waals surface area contributed by atoms with E-state index >= 15 is 0 Å². The van der Waals surface area contributed by atoms with Crippen LogP contribution < -0.4 is 0 Å². The van der Waals surface area contributed by atoms with Gasteiger partial charge >= 0.3 is 0 Å². The van der Waals surface area contributed by atoms with Crippen LogP contribution in [0.25, 0.3) is 0 Å². The van der Waals surface area contributed by atoms with E-state index in [1.54, 1.807) is 0 Å². The Morgan fingerprint density at radius 3 is 1.89 bits per heavy atom. The predicted molar refractivity (Wildman–Crippen MR) is 122 cm³/mol. The molecule has 0 amide bonds. The van der Waals surface area contributed by atoms with E-state index in [1.807, 2.05) is 60.7 Å². The number of aliphatic hydroxyl groups is 1. The number of nitrogens with zero attached hydrogens (tertiary/aromatic N) is 1. The average Bonchev–Trinajstić information content (AvgIpc) is 2.68. The summed E-state index contributed by atoms with van der Waals surface area (Å²) in [6.45, 7) is 15.2. The van der Waals surface area contributed by atoms with Gasteiger partial charge in [-0.1, -0.05) is 87.5 Å². The van der Waals surface area contributed by atoms with Crippen LogP contribution >= 0.6 is 0 Å². The van der Waals surface area contributed by atoms with Crippen LogP contribution in [0.5, 0.6) is 0 Å². The number of aliphatic imine (C=N–C) groups is 1. The molecule has 2 rings (SSSR count). The summed E-state index contributed by atoms with van der Waals surface area (Å²) in [5.74, 6) is 0. The molecule has 3 nitrogen and oxygen atoms in total. The van der Waals surface area contributed by atoms with E-state index in [1.165, 1.54) is 6.08 Å². The van der Waals surface area contributed by atoms with Crippen LogP contribution in [0.4, 0.5) is 0 Å². The first-order valence-electron chi connectivity index (χ1n) is 9.79. The minimum atomic E-state index is -1.95. The lowest BCUT2D eigenvalue weighted by atomic mass is 10.0. The lowest BCUT2D eigenvalue weighted by Gasteiger charge is -2.37. The first kappa shape index (κ1) is 22.3. The average molecular weight is 396 g/mol. The zero-order valence-corrected chi connectivity index (χ0v) is 18.7. The largest absolute Gasteiger partial charge is 0.415 e. The molecule has 0 radical (unpaired) electrons. The number of hydrogen-bond donors (Lipinski definition) is 1. The van der Waals surface area contributed by atoms with Crippen molar-refractivity contribution in [1.82, 2.24) is 0 Å². The molecule has 28 heavy (non-hydrogen) atoms. The summed E-state index contributed by atoms with van der Waals surface area (Å²) in [5.41, 5.74) is 2.88. The van der Waals surface area contributed by atoms with Crippen molar-refractivity contribution >= 4 is 14.0 Å². The number of rotatable bonds is 8.